The molecule has 0 bridgehead atoms. The monoisotopic (exact) mass is 300 g/mol. The predicted octanol–water partition coefficient (Wildman–Crippen LogP) is -0.0621. The Kier molecular flexibility index (Phi) is 4.15. The lowest BCUT2D eigenvalue weighted by atomic mass is 10.4. The number of furan rings is 1. The lowest BCUT2D eigenvalue weighted by molar-refractivity contribution is 0.0656. The highest BCUT2D eigenvalue weighted by Crippen LogP contribution is 2.13. The van der Waals surface area contributed by atoms with Gasteiger partial charge >= 0.3 is 5.97 Å². The second-order valence-corrected chi connectivity index (χ2v) is 5.54. The van der Waals surface area contributed by atoms with Crippen LogP contribution in [0.3, 0.4) is 0 Å². The van der Waals surface area contributed by atoms with Gasteiger partial charge in [0.1, 0.15) is 0 Å². The van der Waals surface area contributed by atoms with Crippen LogP contribution in [0, 0.1) is 0 Å². The molecule has 2 N–H and O–H groups in total. The van der Waals surface area contributed by atoms with Crippen molar-refractivity contribution in [2.24, 2.45) is 0 Å². The molecule has 2 rings (SSSR count). The Hall–Kier alpha value is -2.20. The van der Waals surface area contributed by atoms with Gasteiger partial charge in [-0.3, -0.25) is 4.68 Å². The first-order chi connectivity index (χ1) is 9.49. The molecule has 0 aliphatic carbocycles. The van der Waals surface area contributed by atoms with Crippen LogP contribution in [0.4, 0.5) is 0 Å². The highest BCUT2D eigenvalue weighted by atomic mass is 32.2. The zero-order valence-electron chi connectivity index (χ0n) is 10.3. The summed E-state index contributed by atoms with van der Waals surface area (Å²) in [6.07, 6.45) is 3.70. The molecule has 0 atom stereocenters. The van der Waals surface area contributed by atoms with Crippen LogP contribution in [-0.4, -0.2) is 41.0 Å². The van der Waals surface area contributed by atoms with Crippen molar-refractivity contribution in [1.82, 2.24) is 19.7 Å². The number of carboxylic acids is 1. The molecule has 9 nitrogen and oxygen atoms in total. The van der Waals surface area contributed by atoms with Crippen LogP contribution in [0.15, 0.2) is 34.0 Å². The number of sulfonamides is 1. The van der Waals surface area contributed by atoms with Crippen molar-refractivity contribution in [2.45, 2.75) is 18.1 Å². The van der Waals surface area contributed by atoms with Crippen LogP contribution in [-0.2, 0) is 16.6 Å². The van der Waals surface area contributed by atoms with Crippen LogP contribution >= 0.6 is 0 Å². The minimum Gasteiger partial charge on any atom is -0.475 e. The minimum absolute atomic E-state index is 0.172. The molecule has 2 aromatic rings. The molecule has 2 heterocycles. The Labute approximate surface area is 114 Å². The van der Waals surface area contributed by atoms with Gasteiger partial charge in [-0.15, -0.1) is 5.10 Å². The number of nitrogens with one attached hydrogen (secondary N) is 1. The highest BCUT2D eigenvalue weighted by molar-refractivity contribution is 7.89. The summed E-state index contributed by atoms with van der Waals surface area (Å²) < 4.78 is 32.2. The topological polar surface area (TPSA) is 127 Å². The Morgan fingerprint density at radius 2 is 2.25 bits per heavy atom. The summed E-state index contributed by atoms with van der Waals surface area (Å²) >= 11 is 0. The van der Waals surface area contributed by atoms with E-state index in [0.717, 1.165) is 12.1 Å². The van der Waals surface area contributed by atoms with E-state index in [-0.39, 0.29) is 6.54 Å². The highest BCUT2D eigenvalue weighted by Gasteiger charge is 2.20. The maximum Gasteiger partial charge on any atom is 0.371 e. The third kappa shape index (κ3) is 3.42. The molecule has 0 spiro atoms. The molecule has 10 heteroatoms. The Morgan fingerprint density at radius 1 is 1.45 bits per heavy atom. The first-order valence-corrected chi connectivity index (χ1v) is 7.14. The molecular formula is C10H12N4O5S. The fourth-order valence-electron chi connectivity index (χ4n) is 1.45. The van der Waals surface area contributed by atoms with E-state index in [1.165, 1.54) is 6.20 Å². The third-order valence-corrected chi connectivity index (χ3v) is 3.72. The van der Waals surface area contributed by atoms with Gasteiger partial charge in [0.25, 0.3) is 10.0 Å². The van der Waals surface area contributed by atoms with Crippen molar-refractivity contribution < 1.29 is 22.7 Å². The summed E-state index contributed by atoms with van der Waals surface area (Å²) in [5, 5.41) is 15.6. The molecule has 0 aliphatic rings. The van der Waals surface area contributed by atoms with Crippen LogP contribution in [0.2, 0.25) is 0 Å². The third-order valence-electron chi connectivity index (χ3n) is 2.38. The van der Waals surface area contributed by atoms with Crippen LogP contribution in [0.1, 0.15) is 17.0 Å². The van der Waals surface area contributed by atoms with E-state index in [1.807, 2.05) is 0 Å². The smallest absolute Gasteiger partial charge is 0.371 e. The molecule has 0 aromatic carbocycles. The predicted molar refractivity (Wildman–Crippen MR) is 65.5 cm³/mol. The normalized spacial score (nSPS) is 11.6. The van der Waals surface area contributed by atoms with Gasteiger partial charge in [-0.05, 0) is 18.6 Å². The summed E-state index contributed by atoms with van der Waals surface area (Å²) in [4.78, 5) is 10.6. The fourth-order valence-corrected chi connectivity index (χ4v) is 2.45. The Morgan fingerprint density at radius 3 is 2.85 bits per heavy atom. The van der Waals surface area contributed by atoms with E-state index in [0.29, 0.717) is 13.0 Å². The molecule has 20 heavy (non-hydrogen) atoms. The first kappa shape index (κ1) is 14.2. The number of carbonyl (C=O) groups is 1. The van der Waals surface area contributed by atoms with Gasteiger partial charge in [0, 0.05) is 19.3 Å². The quantitative estimate of drug-likeness (QED) is 0.685. The molecule has 0 unspecified atom stereocenters. The lowest BCUT2D eigenvalue weighted by Gasteiger charge is -2.04. The zero-order valence-corrected chi connectivity index (χ0v) is 11.1. The number of aromatic nitrogens is 3. The molecule has 0 amide bonds. The van der Waals surface area contributed by atoms with Gasteiger partial charge in [0.2, 0.25) is 10.9 Å². The molecule has 0 fully saturated rings. The number of aryl methyl sites for hydroxylation is 1. The number of hydrogen-bond donors (Lipinski definition) is 2. The standard InChI is InChI=1S/C10H12N4O5S/c15-10(16)8-2-3-9(19-8)20(17,18)12-4-1-6-14-7-5-11-13-14/h2-3,5,7,12H,1,4,6H2,(H,15,16). The van der Waals surface area contributed by atoms with Crippen molar-refractivity contribution in [3.05, 3.63) is 30.3 Å². The Balaban J connectivity index is 1.88. The van der Waals surface area contributed by atoms with E-state index >= 15 is 0 Å². The van der Waals surface area contributed by atoms with Crippen molar-refractivity contribution in [2.75, 3.05) is 6.54 Å². The molecule has 108 valence electrons. The van der Waals surface area contributed by atoms with Gasteiger partial charge in [-0.2, -0.15) is 0 Å². The SMILES string of the molecule is O=C(O)c1ccc(S(=O)(=O)NCCCn2ccnn2)o1. The summed E-state index contributed by atoms with van der Waals surface area (Å²) in [5.41, 5.74) is 0. The van der Waals surface area contributed by atoms with E-state index in [9.17, 15) is 13.2 Å². The van der Waals surface area contributed by atoms with Gasteiger partial charge in [-0.25, -0.2) is 17.9 Å². The van der Waals surface area contributed by atoms with Gasteiger partial charge in [0.15, 0.2) is 0 Å². The molecule has 0 saturated heterocycles. The number of hydrogen-bond acceptors (Lipinski definition) is 6. The summed E-state index contributed by atoms with van der Waals surface area (Å²) in [6.45, 7) is 0.687. The summed E-state index contributed by atoms with van der Waals surface area (Å²) in [5.74, 6) is -1.74. The van der Waals surface area contributed by atoms with Crippen molar-refractivity contribution in [1.29, 1.82) is 0 Å². The second-order valence-electron chi connectivity index (χ2n) is 3.84. The number of rotatable bonds is 7. The van der Waals surface area contributed by atoms with E-state index < -0.39 is 26.8 Å². The number of aromatic carboxylic acids is 1. The largest absolute Gasteiger partial charge is 0.475 e. The van der Waals surface area contributed by atoms with Gasteiger partial charge in [-0.1, -0.05) is 5.21 Å². The molecular weight excluding hydrogens is 288 g/mol. The lowest BCUT2D eigenvalue weighted by Crippen LogP contribution is -2.25. The zero-order chi connectivity index (χ0) is 14.6. The van der Waals surface area contributed by atoms with Gasteiger partial charge in [0.05, 0.1) is 6.20 Å². The van der Waals surface area contributed by atoms with E-state index in [2.05, 4.69) is 15.0 Å². The first-order valence-electron chi connectivity index (χ1n) is 5.66. The number of nitrogens with zero attached hydrogens (tertiary/aromatic N) is 3. The van der Waals surface area contributed by atoms with Gasteiger partial charge < -0.3 is 9.52 Å². The molecule has 0 radical (unpaired) electrons. The second kappa shape index (κ2) is 5.84. The maximum absolute atomic E-state index is 11.8. The average Bonchev–Trinajstić information content (AvgIpc) is 3.05. The summed E-state index contributed by atoms with van der Waals surface area (Å²) in [7, 11) is -3.84. The van der Waals surface area contributed by atoms with Crippen molar-refractivity contribution >= 4 is 16.0 Å². The number of carboxylic acid groups (broad SMARTS) is 1. The van der Waals surface area contributed by atoms with Crippen LogP contribution in [0.25, 0.3) is 0 Å². The average molecular weight is 300 g/mol. The van der Waals surface area contributed by atoms with E-state index in [4.69, 9.17) is 9.52 Å². The summed E-state index contributed by atoms with van der Waals surface area (Å²) in [6, 6.07) is 2.19. The van der Waals surface area contributed by atoms with Crippen molar-refractivity contribution in [3.63, 3.8) is 0 Å². The maximum atomic E-state index is 11.8. The molecule has 0 aliphatic heterocycles. The van der Waals surface area contributed by atoms with Crippen LogP contribution in [0.5, 0.6) is 0 Å². The van der Waals surface area contributed by atoms with Crippen molar-refractivity contribution in [3.8, 4) is 0 Å². The van der Waals surface area contributed by atoms with E-state index in [1.54, 1.807) is 10.9 Å². The minimum atomic E-state index is -3.84. The molecule has 0 saturated carbocycles. The van der Waals surface area contributed by atoms with Crippen LogP contribution < -0.4 is 4.72 Å². The molecule has 2 aromatic heterocycles. The Bertz CT molecular complexity index is 676. The fraction of sp³-hybridized carbons (Fsp3) is 0.300.